The number of aromatic nitrogens is 1. The lowest BCUT2D eigenvalue weighted by molar-refractivity contribution is -0.134. The minimum atomic E-state index is -0.209. The van der Waals surface area contributed by atoms with Gasteiger partial charge in [-0.15, -0.1) is 0 Å². The maximum atomic E-state index is 13.2. The van der Waals surface area contributed by atoms with Crippen LogP contribution in [0.4, 0.5) is 5.69 Å². The number of anilines is 1. The van der Waals surface area contributed by atoms with Gasteiger partial charge in [0.25, 0.3) is 5.91 Å². The molecule has 0 radical (unpaired) electrons. The van der Waals surface area contributed by atoms with Crippen molar-refractivity contribution in [3.8, 4) is 5.75 Å². The number of nitrogens with zero attached hydrogens (tertiary/aromatic N) is 3. The van der Waals surface area contributed by atoms with Gasteiger partial charge in [-0.25, -0.2) is 0 Å². The first-order valence-electron chi connectivity index (χ1n) is 8.99. The van der Waals surface area contributed by atoms with Gasteiger partial charge in [0.15, 0.2) is 6.61 Å². The first kappa shape index (κ1) is 18.0. The molecule has 1 saturated carbocycles. The van der Waals surface area contributed by atoms with Crippen molar-refractivity contribution in [2.75, 3.05) is 18.1 Å². The Kier molecular flexibility index (Phi) is 4.86. The largest absolute Gasteiger partial charge is 0.482 e. The van der Waals surface area contributed by atoms with E-state index in [1.54, 1.807) is 12.3 Å². The van der Waals surface area contributed by atoms with E-state index in [0.29, 0.717) is 11.4 Å². The summed E-state index contributed by atoms with van der Waals surface area (Å²) in [6.45, 7) is 1.94. The van der Waals surface area contributed by atoms with E-state index in [9.17, 15) is 9.59 Å². The quantitative estimate of drug-likeness (QED) is 0.730. The summed E-state index contributed by atoms with van der Waals surface area (Å²) >= 11 is 3.41. The van der Waals surface area contributed by atoms with Crippen molar-refractivity contribution < 1.29 is 14.3 Å². The third-order valence-corrected chi connectivity index (χ3v) is 5.41. The number of ether oxygens (including phenoxy) is 1. The van der Waals surface area contributed by atoms with E-state index in [4.69, 9.17) is 4.74 Å². The number of hydrogen-bond donors (Lipinski definition) is 0. The fraction of sp³-hybridized carbons (Fsp3) is 0.350. The Labute approximate surface area is 166 Å². The molecule has 27 heavy (non-hydrogen) atoms. The molecule has 0 bridgehead atoms. The van der Waals surface area contributed by atoms with Crippen LogP contribution in [0.2, 0.25) is 0 Å². The van der Waals surface area contributed by atoms with Gasteiger partial charge in [0.05, 0.1) is 17.4 Å². The normalized spacial score (nSPS) is 17.1. The predicted octanol–water partition coefficient (Wildman–Crippen LogP) is 3.32. The number of halogens is 1. The first-order chi connectivity index (χ1) is 13.0. The van der Waals surface area contributed by atoms with Crippen molar-refractivity contribution in [1.29, 1.82) is 0 Å². The maximum Gasteiger partial charge on any atom is 0.265 e. The van der Waals surface area contributed by atoms with E-state index in [0.717, 1.165) is 23.0 Å². The molecule has 2 heterocycles. The molecular weight excluding hydrogens is 410 g/mol. The zero-order valence-corrected chi connectivity index (χ0v) is 16.6. The molecule has 1 unspecified atom stereocenters. The number of amides is 2. The lowest BCUT2D eigenvalue weighted by Gasteiger charge is -2.34. The van der Waals surface area contributed by atoms with Gasteiger partial charge in [0.1, 0.15) is 12.3 Å². The number of pyridine rings is 1. The summed E-state index contributed by atoms with van der Waals surface area (Å²) in [6.07, 6.45) is 3.72. The second-order valence-electron chi connectivity index (χ2n) is 6.84. The number of rotatable bonds is 5. The molecule has 140 valence electrons. The van der Waals surface area contributed by atoms with Gasteiger partial charge in [-0.3, -0.25) is 19.5 Å². The van der Waals surface area contributed by atoms with Crippen molar-refractivity contribution in [3.63, 3.8) is 0 Å². The predicted molar refractivity (Wildman–Crippen MR) is 105 cm³/mol. The molecule has 1 fully saturated rings. The molecule has 1 aliphatic carbocycles. The van der Waals surface area contributed by atoms with Crippen LogP contribution in [0.1, 0.15) is 31.5 Å². The molecule has 2 aromatic rings. The van der Waals surface area contributed by atoms with Gasteiger partial charge in [-0.2, -0.15) is 0 Å². The van der Waals surface area contributed by atoms with E-state index in [1.807, 2.05) is 42.2 Å². The molecule has 0 N–H and O–H groups in total. The third-order valence-electron chi connectivity index (χ3n) is 4.92. The summed E-state index contributed by atoms with van der Waals surface area (Å²) < 4.78 is 6.38. The van der Waals surface area contributed by atoms with Crippen LogP contribution in [0.15, 0.2) is 47.1 Å². The van der Waals surface area contributed by atoms with Crippen LogP contribution in [-0.4, -0.2) is 40.9 Å². The van der Waals surface area contributed by atoms with E-state index < -0.39 is 0 Å². The van der Waals surface area contributed by atoms with Crippen LogP contribution in [0.5, 0.6) is 5.75 Å². The fourth-order valence-corrected chi connectivity index (χ4v) is 3.76. The standard InChI is InChI=1S/C20H20BrN3O3/c1-13(16-4-2-3-9-22-16)24(15-6-7-15)19(25)11-23-17-8-5-14(21)10-18(17)27-12-20(23)26/h2-5,8-10,13,15H,6-7,11-12H2,1H3. The number of carbonyl (C=O) groups is 2. The Hall–Kier alpha value is -2.41. The molecule has 1 aliphatic heterocycles. The molecule has 2 aliphatic rings. The summed E-state index contributed by atoms with van der Waals surface area (Å²) in [4.78, 5) is 33.4. The third kappa shape index (κ3) is 3.69. The molecular formula is C20H20BrN3O3. The number of hydrogen-bond acceptors (Lipinski definition) is 4. The van der Waals surface area contributed by atoms with Crippen LogP contribution in [0.25, 0.3) is 0 Å². The van der Waals surface area contributed by atoms with Gasteiger partial charge >= 0.3 is 0 Å². The molecule has 1 aromatic carbocycles. The second kappa shape index (κ2) is 7.31. The number of benzene rings is 1. The van der Waals surface area contributed by atoms with E-state index in [2.05, 4.69) is 20.9 Å². The summed E-state index contributed by atoms with van der Waals surface area (Å²) in [5.41, 5.74) is 1.49. The summed E-state index contributed by atoms with van der Waals surface area (Å²) in [5, 5.41) is 0. The monoisotopic (exact) mass is 429 g/mol. The molecule has 7 heteroatoms. The number of carbonyl (C=O) groups excluding carboxylic acids is 2. The molecule has 1 atom stereocenters. The van der Waals surface area contributed by atoms with Gasteiger partial charge in [-0.05, 0) is 50.1 Å². The lowest BCUT2D eigenvalue weighted by atomic mass is 10.1. The molecule has 0 spiro atoms. The maximum absolute atomic E-state index is 13.2. The van der Waals surface area contributed by atoms with E-state index in [1.165, 1.54) is 4.90 Å². The molecule has 4 rings (SSSR count). The summed E-state index contributed by atoms with van der Waals surface area (Å²) in [6, 6.07) is 11.3. The molecule has 6 nitrogen and oxygen atoms in total. The average Bonchev–Trinajstić information content (AvgIpc) is 3.50. The highest BCUT2D eigenvalue weighted by atomic mass is 79.9. The van der Waals surface area contributed by atoms with Gasteiger partial charge < -0.3 is 9.64 Å². The molecule has 1 aromatic heterocycles. The first-order valence-corrected chi connectivity index (χ1v) is 9.78. The van der Waals surface area contributed by atoms with Gasteiger partial charge in [-0.1, -0.05) is 22.0 Å². The zero-order valence-electron chi connectivity index (χ0n) is 15.0. The second-order valence-corrected chi connectivity index (χ2v) is 7.76. The SMILES string of the molecule is CC(c1ccccn1)N(C(=O)CN1C(=O)COc2cc(Br)ccc21)C1CC1. The topological polar surface area (TPSA) is 62.7 Å². The average molecular weight is 430 g/mol. The van der Waals surface area contributed by atoms with Gasteiger partial charge in [0.2, 0.25) is 5.91 Å². The minimum Gasteiger partial charge on any atom is -0.482 e. The Balaban J connectivity index is 1.58. The highest BCUT2D eigenvalue weighted by Gasteiger charge is 2.38. The Morgan fingerprint density at radius 1 is 1.37 bits per heavy atom. The van der Waals surface area contributed by atoms with Crippen LogP contribution in [0, 0.1) is 0 Å². The van der Waals surface area contributed by atoms with Crippen molar-refractivity contribution in [1.82, 2.24) is 9.88 Å². The van der Waals surface area contributed by atoms with Crippen molar-refractivity contribution >= 4 is 33.4 Å². The summed E-state index contributed by atoms with van der Waals surface area (Å²) in [7, 11) is 0. The van der Waals surface area contributed by atoms with Crippen LogP contribution < -0.4 is 9.64 Å². The van der Waals surface area contributed by atoms with Crippen molar-refractivity contribution in [2.45, 2.75) is 31.8 Å². The Morgan fingerprint density at radius 2 is 2.19 bits per heavy atom. The molecule has 0 saturated heterocycles. The van der Waals surface area contributed by atoms with Crippen molar-refractivity contribution in [3.05, 3.63) is 52.8 Å². The van der Waals surface area contributed by atoms with E-state index in [-0.39, 0.29) is 37.0 Å². The Bertz CT molecular complexity index is 870. The number of fused-ring (bicyclic) bond motifs is 1. The Morgan fingerprint density at radius 3 is 2.89 bits per heavy atom. The highest BCUT2D eigenvalue weighted by Crippen LogP contribution is 2.37. The highest BCUT2D eigenvalue weighted by molar-refractivity contribution is 9.10. The fourth-order valence-electron chi connectivity index (χ4n) is 3.42. The zero-order chi connectivity index (χ0) is 19.0. The van der Waals surface area contributed by atoms with Crippen LogP contribution in [-0.2, 0) is 9.59 Å². The van der Waals surface area contributed by atoms with Crippen LogP contribution >= 0.6 is 15.9 Å². The molecule has 2 amide bonds. The van der Waals surface area contributed by atoms with Gasteiger partial charge in [0, 0.05) is 16.7 Å². The minimum absolute atomic E-state index is 0.00446. The van der Waals surface area contributed by atoms with Crippen LogP contribution in [0.3, 0.4) is 0 Å². The van der Waals surface area contributed by atoms with E-state index >= 15 is 0 Å². The lowest BCUT2D eigenvalue weighted by Crippen LogP contribution is -2.47. The van der Waals surface area contributed by atoms with Crippen molar-refractivity contribution in [2.24, 2.45) is 0 Å². The summed E-state index contributed by atoms with van der Waals surface area (Å²) in [5.74, 6) is 0.326. The smallest absolute Gasteiger partial charge is 0.265 e.